The van der Waals surface area contributed by atoms with E-state index in [2.05, 4.69) is 0 Å². The monoisotopic (exact) mass is 315 g/mol. The van der Waals surface area contributed by atoms with E-state index in [1.165, 1.54) is 0 Å². The number of nitrogens with zero attached hydrogens (tertiary/aromatic N) is 1. The number of benzene rings is 2. The van der Waals surface area contributed by atoms with Crippen molar-refractivity contribution in [3.05, 3.63) is 54.1 Å². The second kappa shape index (κ2) is 6.32. The first-order valence-electron chi connectivity index (χ1n) is 7.10. The molecule has 0 saturated carbocycles. The van der Waals surface area contributed by atoms with Crippen molar-refractivity contribution >= 4 is 22.4 Å². The van der Waals surface area contributed by atoms with Gasteiger partial charge in [0, 0.05) is 17.9 Å². The number of hydrogen-bond acceptors (Lipinski definition) is 3. The van der Waals surface area contributed by atoms with Crippen LogP contribution in [0.5, 0.6) is 5.75 Å². The summed E-state index contributed by atoms with van der Waals surface area (Å²) in [7, 11) is 0.576. The van der Waals surface area contributed by atoms with Crippen LogP contribution in [0.4, 0.5) is 5.69 Å². The third-order valence-corrected chi connectivity index (χ3v) is 5.13. The molecule has 0 aromatic heterocycles. The van der Waals surface area contributed by atoms with Crippen molar-refractivity contribution in [3.63, 3.8) is 0 Å². The molecule has 1 unspecified atom stereocenters. The average Bonchev–Trinajstić information content (AvgIpc) is 2.56. The van der Waals surface area contributed by atoms with Crippen molar-refractivity contribution in [2.24, 2.45) is 0 Å². The maximum atomic E-state index is 12.7. The van der Waals surface area contributed by atoms with Gasteiger partial charge in [-0.1, -0.05) is 30.3 Å². The van der Waals surface area contributed by atoms with Crippen LogP contribution in [0.2, 0.25) is 0 Å². The predicted octanol–water partition coefficient (Wildman–Crippen LogP) is 2.39. The molecule has 114 valence electrons. The van der Waals surface area contributed by atoms with Crippen LogP contribution in [0.1, 0.15) is 5.56 Å². The molecule has 0 aliphatic carbocycles. The third kappa shape index (κ3) is 2.76. The Balaban J connectivity index is 1.87. The van der Waals surface area contributed by atoms with Gasteiger partial charge in [0.05, 0.1) is 34.9 Å². The average molecular weight is 315 g/mol. The SMILES string of the molecule is COc1ccccc1CC(=O)N1CCS(=O)c2ccccc21. The van der Waals surface area contributed by atoms with Gasteiger partial charge in [-0.25, -0.2) is 0 Å². The van der Waals surface area contributed by atoms with Crippen molar-refractivity contribution in [1.82, 2.24) is 0 Å². The van der Waals surface area contributed by atoms with E-state index in [1.54, 1.807) is 12.0 Å². The molecule has 5 heteroatoms. The van der Waals surface area contributed by atoms with Crippen molar-refractivity contribution in [2.45, 2.75) is 11.3 Å². The van der Waals surface area contributed by atoms with Gasteiger partial charge in [0.25, 0.3) is 0 Å². The summed E-state index contributed by atoms with van der Waals surface area (Å²) >= 11 is 0. The van der Waals surface area contributed by atoms with Gasteiger partial charge in [-0.05, 0) is 18.2 Å². The van der Waals surface area contributed by atoms with E-state index < -0.39 is 10.8 Å². The minimum atomic E-state index is -1.02. The van der Waals surface area contributed by atoms with Gasteiger partial charge in [0.15, 0.2) is 0 Å². The molecular weight excluding hydrogens is 298 g/mol. The number of hydrogen-bond donors (Lipinski definition) is 0. The Hall–Kier alpha value is -2.14. The van der Waals surface area contributed by atoms with Crippen molar-refractivity contribution in [2.75, 3.05) is 24.3 Å². The first kappa shape index (κ1) is 14.8. The lowest BCUT2D eigenvalue weighted by atomic mass is 10.1. The molecule has 1 aliphatic heterocycles. The second-order valence-corrected chi connectivity index (χ2v) is 6.59. The lowest BCUT2D eigenvalue weighted by Gasteiger charge is -2.29. The zero-order valence-corrected chi connectivity index (χ0v) is 13.1. The van der Waals surface area contributed by atoms with E-state index >= 15 is 0 Å². The van der Waals surface area contributed by atoms with Gasteiger partial charge in [0.2, 0.25) is 5.91 Å². The molecule has 0 N–H and O–H groups in total. The summed E-state index contributed by atoms with van der Waals surface area (Å²) in [6.45, 7) is 0.484. The van der Waals surface area contributed by atoms with Crippen LogP contribution < -0.4 is 9.64 Å². The lowest BCUT2D eigenvalue weighted by Crippen LogP contribution is -2.39. The Labute approximate surface area is 132 Å². The number of carbonyl (C=O) groups excluding carboxylic acids is 1. The third-order valence-electron chi connectivity index (χ3n) is 3.74. The number of fused-ring (bicyclic) bond motifs is 1. The Morgan fingerprint density at radius 2 is 1.91 bits per heavy atom. The Kier molecular flexibility index (Phi) is 4.24. The number of carbonyl (C=O) groups is 1. The van der Waals surface area contributed by atoms with Gasteiger partial charge < -0.3 is 9.64 Å². The van der Waals surface area contributed by atoms with Gasteiger partial charge in [0.1, 0.15) is 5.75 Å². The lowest BCUT2D eigenvalue weighted by molar-refractivity contribution is -0.118. The summed E-state index contributed by atoms with van der Waals surface area (Å²) in [5.41, 5.74) is 1.62. The van der Waals surface area contributed by atoms with Gasteiger partial charge in [-0.15, -0.1) is 0 Å². The molecule has 0 spiro atoms. The fourth-order valence-corrected chi connectivity index (χ4v) is 3.85. The van der Waals surface area contributed by atoms with Crippen LogP contribution >= 0.6 is 0 Å². The highest BCUT2D eigenvalue weighted by Crippen LogP contribution is 2.29. The topological polar surface area (TPSA) is 46.6 Å². The number of amides is 1. The quantitative estimate of drug-likeness (QED) is 0.874. The summed E-state index contributed by atoms with van der Waals surface area (Å²) in [6, 6.07) is 14.9. The summed E-state index contributed by atoms with van der Waals surface area (Å²) in [4.78, 5) is 15.1. The minimum Gasteiger partial charge on any atom is -0.496 e. The maximum Gasteiger partial charge on any atom is 0.231 e. The van der Waals surface area contributed by atoms with E-state index in [0.29, 0.717) is 18.0 Å². The molecule has 0 bridgehead atoms. The van der Waals surface area contributed by atoms with Crippen LogP contribution in [-0.2, 0) is 22.0 Å². The summed E-state index contributed by atoms with van der Waals surface area (Å²) in [5, 5.41) is 0. The first-order valence-corrected chi connectivity index (χ1v) is 8.42. The number of ether oxygens (including phenoxy) is 1. The number of anilines is 1. The van der Waals surface area contributed by atoms with E-state index in [0.717, 1.165) is 16.1 Å². The number of rotatable bonds is 3. The fourth-order valence-electron chi connectivity index (χ4n) is 2.64. The van der Waals surface area contributed by atoms with Gasteiger partial charge in [-0.3, -0.25) is 9.00 Å². The van der Waals surface area contributed by atoms with E-state index in [1.807, 2.05) is 48.5 Å². The zero-order valence-electron chi connectivity index (χ0n) is 12.3. The highest BCUT2D eigenvalue weighted by Gasteiger charge is 2.26. The van der Waals surface area contributed by atoms with Crippen LogP contribution in [0.15, 0.2) is 53.4 Å². The first-order chi connectivity index (χ1) is 10.7. The molecule has 2 aromatic carbocycles. The minimum absolute atomic E-state index is 0.00588. The smallest absolute Gasteiger partial charge is 0.231 e. The molecule has 4 nitrogen and oxygen atoms in total. The normalized spacial score (nSPS) is 17.0. The second-order valence-electron chi connectivity index (χ2n) is 5.05. The van der Waals surface area contributed by atoms with Crippen LogP contribution in [0.3, 0.4) is 0 Å². The van der Waals surface area contributed by atoms with Crippen molar-refractivity contribution in [1.29, 1.82) is 0 Å². The molecule has 1 atom stereocenters. The van der Waals surface area contributed by atoms with Crippen LogP contribution in [-0.4, -0.2) is 29.5 Å². The maximum absolute atomic E-state index is 12.7. The zero-order chi connectivity index (χ0) is 15.5. The highest BCUT2D eigenvalue weighted by molar-refractivity contribution is 7.85. The molecule has 1 aliphatic rings. The molecule has 1 heterocycles. The molecule has 0 radical (unpaired) electrons. The predicted molar refractivity (Wildman–Crippen MR) is 86.8 cm³/mol. The molecule has 22 heavy (non-hydrogen) atoms. The largest absolute Gasteiger partial charge is 0.496 e. The Bertz CT molecular complexity index is 729. The van der Waals surface area contributed by atoms with Crippen LogP contribution in [0.25, 0.3) is 0 Å². The molecule has 0 saturated heterocycles. The Morgan fingerprint density at radius 3 is 2.73 bits per heavy atom. The van der Waals surface area contributed by atoms with E-state index in [-0.39, 0.29) is 12.3 Å². The molecule has 0 fully saturated rings. The standard InChI is InChI=1S/C17H17NO3S/c1-21-15-8-4-2-6-13(15)12-17(19)18-10-11-22(20)16-9-5-3-7-14(16)18/h2-9H,10-12H2,1H3. The van der Waals surface area contributed by atoms with E-state index in [9.17, 15) is 9.00 Å². The summed E-state index contributed by atoms with van der Waals surface area (Å²) in [6.07, 6.45) is 0.269. The van der Waals surface area contributed by atoms with E-state index in [4.69, 9.17) is 4.74 Å². The van der Waals surface area contributed by atoms with Crippen molar-refractivity contribution in [3.8, 4) is 5.75 Å². The van der Waals surface area contributed by atoms with Gasteiger partial charge >= 0.3 is 0 Å². The molecule has 2 aromatic rings. The Morgan fingerprint density at radius 1 is 1.18 bits per heavy atom. The molecule has 3 rings (SSSR count). The summed E-state index contributed by atoms with van der Waals surface area (Å²) < 4.78 is 17.4. The number of methoxy groups -OCH3 is 1. The fraction of sp³-hybridized carbons (Fsp3) is 0.235. The van der Waals surface area contributed by atoms with Gasteiger partial charge in [-0.2, -0.15) is 0 Å². The van der Waals surface area contributed by atoms with Crippen LogP contribution in [0, 0.1) is 0 Å². The molecular formula is C17H17NO3S. The molecule has 1 amide bonds. The highest BCUT2D eigenvalue weighted by atomic mass is 32.2. The number of para-hydroxylation sites is 2. The summed E-state index contributed by atoms with van der Waals surface area (Å²) in [5.74, 6) is 1.19. The van der Waals surface area contributed by atoms with Crippen molar-refractivity contribution < 1.29 is 13.7 Å².